The molecule has 1 aliphatic heterocycles. The molecule has 1 aromatic carbocycles. The molecule has 1 unspecified atom stereocenters. The zero-order valence-corrected chi connectivity index (χ0v) is 19.2. The number of halogens is 2. The minimum Gasteiger partial charge on any atom is -0.342 e. The molecule has 152 valence electrons. The molecule has 0 N–H and O–H groups in total. The summed E-state index contributed by atoms with van der Waals surface area (Å²) in [5, 5.41) is 5.07. The number of rotatable bonds is 3. The van der Waals surface area contributed by atoms with Crippen molar-refractivity contribution in [2.75, 3.05) is 13.1 Å². The maximum absolute atomic E-state index is 13.5. The van der Waals surface area contributed by atoms with Gasteiger partial charge in [-0.25, -0.2) is 0 Å². The van der Waals surface area contributed by atoms with Crippen LogP contribution in [0.4, 0.5) is 0 Å². The minimum absolute atomic E-state index is 0.0665. The first kappa shape index (κ1) is 19.5. The van der Waals surface area contributed by atoms with Crippen molar-refractivity contribution < 1.29 is 9.59 Å². The molecule has 29 heavy (non-hydrogen) atoms. The fourth-order valence-electron chi connectivity index (χ4n) is 4.69. The van der Waals surface area contributed by atoms with Gasteiger partial charge in [-0.15, -0.1) is 0 Å². The molecule has 2 aromatic rings. The Kier molecular flexibility index (Phi) is 4.97. The Bertz CT molecular complexity index is 1010. The average Bonchev–Trinajstić information content (AvgIpc) is 3.48. The van der Waals surface area contributed by atoms with E-state index < -0.39 is 0 Å². The van der Waals surface area contributed by atoms with Crippen LogP contribution < -0.4 is 0 Å². The van der Waals surface area contributed by atoms with Crippen LogP contribution in [0.5, 0.6) is 0 Å². The van der Waals surface area contributed by atoms with E-state index in [1.165, 1.54) is 4.68 Å². The van der Waals surface area contributed by atoms with Crippen LogP contribution in [0.3, 0.4) is 0 Å². The lowest BCUT2D eigenvalue weighted by Crippen LogP contribution is -2.51. The number of fused-ring (bicyclic) bond motifs is 1. The summed E-state index contributed by atoms with van der Waals surface area (Å²) in [6.07, 6.45) is 4.38. The molecule has 7 heteroatoms. The molecule has 3 aliphatic rings. The van der Waals surface area contributed by atoms with Crippen molar-refractivity contribution in [2.24, 2.45) is 11.8 Å². The average molecular weight is 524 g/mol. The molecule has 2 aliphatic carbocycles. The van der Waals surface area contributed by atoms with Crippen LogP contribution in [0.15, 0.2) is 18.2 Å². The number of carbonyl (C=O) groups excluding carboxylic acids is 2. The van der Waals surface area contributed by atoms with E-state index in [0.717, 1.165) is 59.3 Å². The molecular formula is C22H23ClIN3O2. The second-order valence-corrected chi connectivity index (χ2v) is 10.1. The van der Waals surface area contributed by atoms with Crippen molar-refractivity contribution in [2.45, 2.75) is 44.9 Å². The topological polar surface area (TPSA) is 55.2 Å². The third-order valence-electron chi connectivity index (χ3n) is 6.42. The lowest BCUT2D eigenvalue weighted by molar-refractivity contribution is -0.142. The molecule has 0 radical (unpaired) electrons. The van der Waals surface area contributed by atoms with Crippen LogP contribution in [0.25, 0.3) is 0 Å². The lowest BCUT2D eigenvalue weighted by atomic mass is 9.85. The Morgan fingerprint density at radius 1 is 1.21 bits per heavy atom. The van der Waals surface area contributed by atoms with Crippen LogP contribution in [-0.2, 0) is 17.6 Å². The Morgan fingerprint density at radius 3 is 2.66 bits per heavy atom. The van der Waals surface area contributed by atoms with Crippen molar-refractivity contribution in [1.29, 1.82) is 0 Å². The standard InChI is InChI=1S/C22H23ClIN3O2/c1-12-10-26(11-12)21(28)14-7-8-16-18(9-14)27(25-20(16)24)22(29)19-15(13-5-6-13)3-2-4-17(19)23/h2-4,12-14H,5-11H2,1H3. The van der Waals surface area contributed by atoms with E-state index in [2.05, 4.69) is 34.6 Å². The van der Waals surface area contributed by atoms with Crippen molar-refractivity contribution in [3.63, 3.8) is 0 Å². The first-order valence-electron chi connectivity index (χ1n) is 10.3. The van der Waals surface area contributed by atoms with Gasteiger partial charge in [-0.1, -0.05) is 30.7 Å². The van der Waals surface area contributed by atoms with Crippen molar-refractivity contribution >= 4 is 46.0 Å². The number of likely N-dealkylation sites (tertiary alicyclic amines) is 1. The molecule has 5 nitrogen and oxygen atoms in total. The van der Waals surface area contributed by atoms with Gasteiger partial charge in [0, 0.05) is 31.0 Å². The summed E-state index contributed by atoms with van der Waals surface area (Å²) >= 11 is 8.68. The van der Waals surface area contributed by atoms with Gasteiger partial charge in [0.05, 0.1) is 16.3 Å². The third kappa shape index (κ3) is 3.42. The summed E-state index contributed by atoms with van der Waals surface area (Å²) in [6, 6.07) is 5.70. The lowest BCUT2D eigenvalue weighted by Gasteiger charge is -2.40. The first-order valence-corrected chi connectivity index (χ1v) is 11.8. The summed E-state index contributed by atoms with van der Waals surface area (Å²) in [7, 11) is 0. The zero-order chi connectivity index (χ0) is 20.3. The highest BCUT2D eigenvalue weighted by molar-refractivity contribution is 14.1. The Hall–Kier alpha value is -1.41. The van der Waals surface area contributed by atoms with Crippen molar-refractivity contribution in [1.82, 2.24) is 14.7 Å². The van der Waals surface area contributed by atoms with Gasteiger partial charge in [-0.2, -0.15) is 9.78 Å². The van der Waals surface area contributed by atoms with E-state index in [1.807, 2.05) is 17.0 Å². The number of hydrogen-bond acceptors (Lipinski definition) is 3. The SMILES string of the molecule is CC1CN(C(=O)C2CCc3c(I)nn(C(=O)c4c(Cl)cccc4C4CC4)c3C2)C1. The van der Waals surface area contributed by atoms with Crippen LogP contribution in [0, 0.1) is 15.5 Å². The van der Waals surface area contributed by atoms with Gasteiger partial charge in [-0.3, -0.25) is 9.59 Å². The predicted molar refractivity (Wildman–Crippen MR) is 119 cm³/mol. The third-order valence-corrected chi connectivity index (χ3v) is 7.60. The van der Waals surface area contributed by atoms with E-state index in [9.17, 15) is 9.59 Å². The molecule has 1 aromatic heterocycles. The number of benzene rings is 1. The number of amides is 1. The normalized spacial score (nSPS) is 21.6. The number of hydrogen-bond donors (Lipinski definition) is 0. The van der Waals surface area contributed by atoms with Crippen LogP contribution >= 0.6 is 34.2 Å². The monoisotopic (exact) mass is 523 g/mol. The summed E-state index contributed by atoms with van der Waals surface area (Å²) < 4.78 is 2.39. The molecule has 1 saturated heterocycles. The maximum Gasteiger partial charge on any atom is 0.280 e. The van der Waals surface area contributed by atoms with Gasteiger partial charge < -0.3 is 4.90 Å². The molecule has 1 atom stereocenters. The van der Waals surface area contributed by atoms with E-state index >= 15 is 0 Å². The molecule has 1 amide bonds. The van der Waals surface area contributed by atoms with Crippen molar-refractivity contribution in [3.8, 4) is 0 Å². The Labute approximate surface area is 188 Å². The minimum atomic E-state index is -0.165. The van der Waals surface area contributed by atoms with Crippen LogP contribution in [-0.4, -0.2) is 39.6 Å². The molecule has 5 rings (SSSR count). The second-order valence-electron chi connectivity index (χ2n) is 8.70. The second kappa shape index (κ2) is 7.38. The summed E-state index contributed by atoms with van der Waals surface area (Å²) in [5.74, 6) is 0.999. The van der Waals surface area contributed by atoms with Crippen LogP contribution in [0.2, 0.25) is 5.02 Å². The highest BCUT2D eigenvalue weighted by Crippen LogP contribution is 2.43. The van der Waals surface area contributed by atoms with E-state index in [4.69, 9.17) is 11.6 Å². The summed E-state index contributed by atoms with van der Waals surface area (Å²) in [5.41, 5.74) is 3.60. The van der Waals surface area contributed by atoms with E-state index in [1.54, 1.807) is 6.07 Å². The number of nitrogens with zero attached hydrogens (tertiary/aromatic N) is 3. The van der Waals surface area contributed by atoms with Gasteiger partial charge in [0.2, 0.25) is 5.91 Å². The van der Waals surface area contributed by atoms with Crippen molar-refractivity contribution in [3.05, 3.63) is 49.3 Å². The fraction of sp³-hybridized carbons (Fsp3) is 0.500. The fourth-order valence-corrected chi connectivity index (χ4v) is 5.75. The van der Waals surface area contributed by atoms with Gasteiger partial charge in [-0.05, 0) is 71.7 Å². The smallest absolute Gasteiger partial charge is 0.280 e. The molecular weight excluding hydrogens is 501 g/mol. The molecule has 2 fully saturated rings. The number of aromatic nitrogens is 2. The molecule has 0 bridgehead atoms. The van der Waals surface area contributed by atoms with Crippen LogP contribution in [0.1, 0.15) is 59.3 Å². The van der Waals surface area contributed by atoms with Gasteiger partial charge in [0.1, 0.15) is 3.70 Å². The highest BCUT2D eigenvalue weighted by atomic mass is 127. The van der Waals surface area contributed by atoms with Gasteiger partial charge in [0.25, 0.3) is 5.91 Å². The predicted octanol–water partition coefficient (Wildman–Crippen LogP) is 4.29. The highest BCUT2D eigenvalue weighted by Gasteiger charge is 2.37. The molecule has 1 saturated carbocycles. The largest absolute Gasteiger partial charge is 0.342 e. The molecule has 2 heterocycles. The molecule has 0 spiro atoms. The van der Waals surface area contributed by atoms with E-state index in [-0.39, 0.29) is 17.7 Å². The summed E-state index contributed by atoms with van der Waals surface area (Å²) in [6.45, 7) is 3.87. The quantitative estimate of drug-likeness (QED) is 0.564. The Balaban J connectivity index is 1.48. The van der Waals surface area contributed by atoms with Gasteiger partial charge in [0.15, 0.2) is 0 Å². The number of carbonyl (C=O) groups is 2. The Morgan fingerprint density at radius 2 is 1.97 bits per heavy atom. The van der Waals surface area contributed by atoms with Gasteiger partial charge >= 0.3 is 0 Å². The summed E-state index contributed by atoms with van der Waals surface area (Å²) in [4.78, 5) is 28.4. The zero-order valence-electron chi connectivity index (χ0n) is 16.3. The van der Waals surface area contributed by atoms with E-state index in [0.29, 0.717) is 28.8 Å². The maximum atomic E-state index is 13.5. The first-order chi connectivity index (χ1) is 13.9.